The Hall–Kier alpha value is -2.90. The Kier molecular flexibility index (Phi) is 4.55. The predicted molar refractivity (Wildman–Crippen MR) is 102 cm³/mol. The van der Waals surface area contributed by atoms with E-state index in [1.807, 2.05) is 42.5 Å². The standard InChI is InChI=1S/C20H17FN2O3S/c21-17-5-1-3-14(11-17)13-26-18-9-7-15(8-10-18)19-6-2-4-16-12-22-27(24,25)23-20(16)19/h1-11,22-23H,12-13H2. The molecular weight excluding hydrogens is 367 g/mol. The van der Waals surface area contributed by atoms with E-state index in [4.69, 9.17) is 4.74 Å². The lowest BCUT2D eigenvalue weighted by Crippen LogP contribution is -2.34. The lowest BCUT2D eigenvalue weighted by atomic mass is 10.0. The van der Waals surface area contributed by atoms with E-state index < -0.39 is 10.2 Å². The Morgan fingerprint density at radius 1 is 1.00 bits per heavy atom. The van der Waals surface area contributed by atoms with Crippen molar-refractivity contribution in [3.05, 3.63) is 83.7 Å². The van der Waals surface area contributed by atoms with Gasteiger partial charge in [0.25, 0.3) is 10.2 Å². The van der Waals surface area contributed by atoms with E-state index in [9.17, 15) is 12.8 Å². The Labute approximate surface area is 157 Å². The van der Waals surface area contributed by atoms with Gasteiger partial charge in [-0.25, -0.2) is 4.39 Å². The summed E-state index contributed by atoms with van der Waals surface area (Å²) in [5, 5.41) is 0. The summed E-state index contributed by atoms with van der Waals surface area (Å²) in [5.74, 6) is 0.354. The van der Waals surface area contributed by atoms with Gasteiger partial charge < -0.3 is 4.74 Å². The van der Waals surface area contributed by atoms with E-state index in [-0.39, 0.29) is 19.0 Å². The fourth-order valence-corrected chi connectivity index (χ4v) is 3.90. The van der Waals surface area contributed by atoms with Gasteiger partial charge in [0.15, 0.2) is 0 Å². The van der Waals surface area contributed by atoms with Crippen molar-refractivity contribution >= 4 is 15.9 Å². The van der Waals surface area contributed by atoms with Gasteiger partial charge in [-0.3, -0.25) is 4.72 Å². The van der Waals surface area contributed by atoms with Gasteiger partial charge in [0.1, 0.15) is 18.2 Å². The molecule has 0 spiro atoms. The molecule has 0 bridgehead atoms. The fraction of sp³-hybridized carbons (Fsp3) is 0.100. The second-order valence-electron chi connectivity index (χ2n) is 6.21. The van der Waals surface area contributed by atoms with Crippen molar-refractivity contribution in [1.29, 1.82) is 0 Å². The van der Waals surface area contributed by atoms with E-state index in [0.717, 1.165) is 22.3 Å². The monoisotopic (exact) mass is 384 g/mol. The lowest BCUT2D eigenvalue weighted by Gasteiger charge is -2.22. The van der Waals surface area contributed by atoms with Crippen molar-refractivity contribution < 1.29 is 17.5 Å². The molecule has 27 heavy (non-hydrogen) atoms. The van der Waals surface area contributed by atoms with Crippen LogP contribution in [0.2, 0.25) is 0 Å². The molecule has 0 aliphatic carbocycles. The predicted octanol–water partition coefficient (Wildman–Crippen LogP) is 3.83. The number of para-hydroxylation sites is 1. The molecule has 0 radical (unpaired) electrons. The molecule has 4 rings (SSSR count). The minimum atomic E-state index is -3.53. The van der Waals surface area contributed by atoms with Gasteiger partial charge in [-0.1, -0.05) is 42.5 Å². The van der Waals surface area contributed by atoms with E-state index >= 15 is 0 Å². The molecule has 1 aliphatic heterocycles. The van der Waals surface area contributed by atoms with Crippen LogP contribution >= 0.6 is 0 Å². The maximum atomic E-state index is 13.2. The summed E-state index contributed by atoms with van der Waals surface area (Å²) in [7, 11) is -3.53. The van der Waals surface area contributed by atoms with Crippen LogP contribution < -0.4 is 14.2 Å². The Bertz CT molecular complexity index is 1080. The van der Waals surface area contributed by atoms with Gasteiger partial charge in [-0.15, -0.1) is 0 Å². The zero-order chi connectivity index (χ0) is 18.9. The van der Waals surface area contributed by atoms with Crippen LogP contribution in [0.1, 0.15) is 11.1 Å². The van der Waals surface area contributed by atoms with E-state index in [2.05, 4.69) is 9.44 Å². The Morgan fingerprint density at radius 2 is 1.78 bits per heavy atom. The lowest BCUT2D eigenvalue weighted by molar-refractivity contribution is 0.305. The molecule has 0 saturated carbocycles. The molecule has 0 amide bonds. The third kappa shape index (κ3) is 3.94. The number of anilines is 1. The molecular formula is C20H17FN2O3S. The average molecular weight is 384 g/mol. The molecule has 0 fully saturated rings. The summed E-state index contributed by atoms with van der Waals surface area (Å²) < 4.78 is 47.6. The zero-order valence-corrected chi connectivity index (χ0v) is 15.1. The summed E-state index contributed by atoms with van der Waals surface area (Å²) in [4.78, 5) is 0. The van der Waals surface area contributed by atoms with Crippen LogP contribution in [-0.2, 0) is 23.4 Å². The Balaban J connectivity index is 1.55. The van der Waals surface area contributed by atoms with Crippen LogP contribution in [0.25, 0.3) is 11.1 Å². The number of fused-ring (bicyclic) bond motifs is 1. The van der Waals surface area contributed by atoms with Crippen molar-refractivity contribution in [3.63, 3.8) is 0 Å². The summed E-state index contributed by atoms with van der Waals surface area (Å²) in [6, 6.07) is 19.3. The molecule has 138 valence electrons. The molecule has 1 heterocycles. The van der Waals surface area contributed by atoms with Crippen molar-refractivity contribution in [2.24, 2.45) is 0 Å². The average Bonchev–Trinajstić information content (AvgIpc) is 2.66. The minimum Gasteiger partial charge on any atom is -0.489 e. The van der Waals surface area contributed by atoms with Crippen molar-refractivity contribution in [2.45, 2.75) is 13.2 Å². The fourth-order valence-electron chi connectivity index (χ4n) is 2.98. The van der Waals surface area contributed by atoms with Gasteiger partial charge in [0, 0.05) is 12.1 Å². The third-order valence-electron chi connectivity index (χ3n) is 4.30. The van der Waals surface area contributed by atoms with Gasteiger partial charge in [-0.2, -0.15) is 13.1 Å². The first kappa shape index (κ1) is 17.5. The first-order valence-electron chi connectivity index (χ1n) is 8.37. The maximum absolute atomic E-state index is 13.2. The molecule has 0 saturated heterocycles. The summed E-state index contributed by atoms with van der Waals surface area (Å²) in [5.41, 5.74) is 3.89. The van der Waals surface area contributed by atoms with Crippen LogP contribution in [0.15, 0.2) is 66.7 Å². The number of rotatable bonds is 4. The number of benzene rings is 3. The number of hydrogen-bond donors (Lipinski definition) is 2. The summed E-state index contributed by atoms with van der Waals surface area (Å²) >= 11 is 0. The highest BCUT2D eigenvalue weighted by Crippen LogP contribution is 2.34. The normalized spacial score (nSPS) is 14.9. The molecule has 0 unspecified atom stereocenters. The zero-order valence-electron chi connectivity index (χ0n) is 14.3. The van der Waals surface area contributed by atoms with Crippen molar-refractivity contribution in [3.8, 4) is 16.9 Å². The van der Waals surface area contributed by atoms with E-state index in [1.165, 1.54) is 12.1 Å². The van der Waals surface area contributed by atoms with Crippen molar-refractivity contribution in [1.82, 2.24) is 4.72 Å². The maximum Gasteiger partial charge on any atom is 0.299 e. The largest absolute Gasteiger partial charge is 0.489 e. The second-order valence-corrected chi connectivity index (χ2v) is 7.71. The highest BCUT2D eigenvalue weighted by atomic mass is 32.2. The molecule has 5 nitrogen and oxygen atoms in total. The topological polar surface area (TPSA) is 67.4 Å². The van der Waals surface area contributed by atoms with Crippen LogP contribution in [0, 0.1) is 5.82 Å². The van der Waals surface area contributed by atoms with E-state index in [1.54, 1.807) is 12.1 Å². The highest BCUT2D eigenvalue weighted by Gasteiger charge is 2.22. The first-order valence-corrected chi connectivity index (χ1v) is 9.85. The molecule has 3 aromatic rings. The SMILES string of the molecule is O=S1(=O)NCc2cccc(-c3ccc(OCc4cccc(F)c4)cc3)c2N1. The second kappa shape index (κ2) is 7.02. The summed E-state index contributed by atoms with van der Waals surface area (Å²) in [6.45, 7) is 0.524. The molecule has 1 aliphatic rings. The molecule has 0 aromatic heterocycles. The van der Waals surface area contributed by atoms with Crippen LogP contribution in [-0.4, -0.2) is 8.42 Å². The minimum absolute atomic E-state index is 0.257. The molecule has 3 aromatic carbocycles. The Morgan fingerprint density at radius 3 is 2.56 bits per heavy atom. The quantitative estimate of drug-likeness (QED) is 0.718. The molecule has 7 heteroatoms. The summed E-state index contributed by atoms with van der Waals surface area (Å²) in [6.07, 6.45) is 0. The number of halogens is 1. The van der Waals surface area contributed by atoms with Crippen LogP contribution in [0.5, 0.6) is 5.75 Å². The highest BCUT2D eigenvalue weighted by molar-refractivity contribution is 7.90. The van der Waals surface area contributed by atoms with Gasteiger partial charge >= 0.3 is 0 Å². The molecule has 0 atom stereocenters. The number of nitrogens with one attached hydrogen (secondary N) is 2. The van der Waals surface area contributed by atoms with Crippen LogP contribution in [0.3, 0.4) is 0 Å². The number of hydrogen-bond acceptors (Lipinski definition) is 3. The smallest absolute Gasteiger partial charge is 0.299 e. The first-order chi connectivity index (χ1) is 13.0. The van der Waals surface area contributed by atoms with Crippen molar-refractivity contribution in [2.75, 3.05) is 4.72 Å². The van der Waals surface area contributed by atoms with Gasteiger partial charge in [-0.05, 0) is 41.0 Å². The number of ether oxygens (including phenoxy) is 1. The van der Waals surface area contributed by atoms with Crippen LogP contribution in [0.4, 0.5) is 10.1 Å². The van der Waals surface area contributed by atoms with Gasteiger partial charge in [0.05, 0.1) is 5.69 Å². The van der Waals surface area contributed by atoms with E-state index in [0.29, 0.717) is 11.4 Å². The van der Waals surface area contributed by atoms with Gasteiger partial charge in [0.2, 0.25) is 0 Å². The molecule has 2 N–H and O–H groups in total. The third-order valence-corrected chi connectivity index (χ3v) is 5.30.